The molecule has 1 aromatic rings. The Morgan fingerprint density at radius 3 is 2.79 bits per heavy atom. The van der Waals surface area contributed by atoms with Gasteiger partial charge in [-0.05, 0) is 6.42 Å². The van der Waals surface area contributed by atoms with Gasteiger partial charge in [0.1, 0.15) is 0 Å². The molecule has 0 fully saturated rings. The van der Waals surface area contributed by atoms with Crippen molar-refractivity contribution in [2.75, 3.05) is 6.54 Å². The van der Waals surface area contributed by atoms with Crippen molar-refractivity contribution in [1.29, 1.82) is 0 Å². The lowest BCUT2D eigenvalue weighted by molar-refractivity contribution is -0.140. The van der Waals surface area contributed by atoms with Gasteiger partial charge in [-0.1, -0.05) is 13.3 Å². The number of carbonyl (C=O) groups is 1. The SMILES string of the molecule is CCCC(N)C(=O)NCCc1nc(C(F)(F)F)cs1. The zero-order valence-electron chi connectivity index (χ0n) is 10.5. The zero-order valence-corrected chi connectivity index (χ0v) is 11.3. The van der Waals surface area contributed by atoms with E-state index in [1.807, 2.05) is 6.92 Å². The van der Waals surface area contributed by atoms with E-state index >= 15 is 0 Å². The van der Waals surface area contributed by atoms with Crippen LogP contribution >= 0.6 is 11.3 Å². The second kappa shape index (κ2) is 6.85. The summed E-state index contributed by atoms with van der Waals surface area (Å²) in [5.41, 5.74) is 4.71. The Hall–Kier alpha value is -1.15. The average molecular weight is 295 g/mol. The van der Waals surface area contributed by atoms with Crippen molar-refractivity contribution < 1.29 is 18.0 Å². The van der Waals surface area contributed by atoms with Crippen LogP contribution in [0.15, 0.2) is 5.38 Å². The maximum Gasteiger partial charge on any atom is 0.434 e. The van der Waals surface area contributed by atoms with Gasteiger partial charge in [-0.2, -0.15) is 13.2 Å². The quantitative estimate of drug-likeness (QED) is 0.843. The summed E-state index contributed by atoms with van der Waals surface area (Å²) in [6, 6.07) is -0.563. The van der Waals surface area contributed by atoms with Crippen LogP contribution in [0.2, 0.25) is 0 Å². The molecular weight excluding hydrogens is 279 g/mol. The number of alkyl halides is 3. The van der Waals surface area contributed by atoms with Crippen molar-refractivity contribution in [2.45, 2.75) is 38.4 Å². The third kappa shape index (κ3) is 5.15. The van der Waals surface area contributed by atoms with Crippen LogP contribution in [-0.4, -0.2) is 23.5 Å². The van der Waals surface area contributed by atoms with Crippen LogP contribution < -0.4 is 11.1 Å². The highest BCUT2D eigenvalue weighted by atomic mass is 32.1. The maximum atomic E-state index is 12.3. The molecule has 0 radical (unpaired) electrons. The fraction of sp³-hybridized carbons (Fsp3) is 0.636. The third-order valence-electron chi connectivity index (χ3n) is 2.42. The number of hydrogen-bond acceptors (Lipinski definition) is 4. The van der Waals surface area contributed by atoms with Gasteiger partial charge in [0.15, 0.2) is 5.69 Å². The van der Waals surface area contributed by atoms with E-state index in [9.17, 15) is 18.0 Å². The van der Waals surface area contributed by atoms with Gasteiger partial charge in [-0.25, -0.2) is 4.98 Å². The van der Waals surface area contributed by atoms with Gasteiger partial charge >= 0.3 is 6.18 Å². The first-order chi connectivity index (χ1) is 8.84. The van der Waals surface area contributed by atoms with Gasteiger partial charge in [0.25, 0.3) is 0 Å². The van der Waals surface area contributed by atoms with Gasteiger partial charge in [0.05, 0.1) is 11.0 Å². The Bertz CT molecular complexity index is 420. The lowest BCUT2D eigenvalue weighted by atomic mass is 10.2. The summed E-state index contributed by atoms with van der Waals surface area (Å²) in [5.74, 6) is -0.283. The summed E-state index contributed by atoms with van der Waals surface area (Å²) in [6.45, 7) is 2.16. The number of nitrogens with zero attached hydrogens (tertiary/aromatic N) is 1. The molecule has 4 nitrogen and oxygen atoms in total. The minimum absolute atomic E-state index is 0.237. The van der Waals surface area contributed by atoms with Crippen molar-refractivity contribution in [1.82, 2.24) is 10.3 Å². The van der Waals surface area contributed by atoms with Crippen LogP contribution in [0.5, 0.6) is 0 Å². The van der Waals surface area contributed by atoms with Crippen molar-refractivity contribution in [2.24, 2.45) is 5.73 Å². The Balaban J connectivity index is 2.37. The van der Waals surface area contributed by atoms with Crippen LogP contribution in [0, 0.1) is 0 Å². The van der Waals surface area contributed by atoms with E-state index in [1.165, 1.54) is 0 Å². The zero-order chi connectivity index (χ0) is 14.5. The molecule has 0 saturated heterocycles. The highest BCUT2D eigenvalue weighted by Crippen LogP contribution is 2.29. The number of amides is 1. The molecule has 3 N–H and O–H groups in total. The molecule has 0 aliphatic carbocycles. The molecule has 0 aliphatic heterocycles. The summed E-state index contributed by atoms with van der Waals surface area (Å²) in [4.78, 5) is 14.9. The van der Waals surface area contributed by atoms with Crippen LogP contribution in [0.25, 0.3) is 0 Å². The molecule has 1 heterocycles. The summed E-state index contributed by atoms with van der Waals surface area (Å²) < 4.78 is 36.9. The number of nitrogens with two attached hydrogens (primary N) is 1. The Morgan fingerprint density at radius 2 is 2.26 bits per heavy atom. The number of rotatable bonds is 6. The van der Waals surface area contributed by atoms with Crippen LogP contribution in [-0.2, 0) is 17.4 Å². The van der Waals surface area contributed by atoms with Crippen molar-refractivity contribution in [3.05, 3.63) is 16.1 Å². The first kappa shape index (κ1) is 15.9. The van der Waals surface area contributed by atoms with E-state index in [4.69, 9.17) is 5.73 Å². The molecule has 1 unspecified atom stereocenters. The minimum Gasteiger partial charge on any atom is -0.354 e. The van der Waals surface area contributed by atoms with Gasteiger partial charge < -0.3 is 11.1 Å². The molecule has 1 amide bonds. The lowest BCUT2D eigenvalue weighted by Crippen LogP contribution is -2.41. The van der Waals surface area contributed by atoms with Gasteiger partial charge in [0.2, 0.25) is 5.91 Å². The third-order valence-corrected chi connectivity index (χ3v) is 3.33. The smallest absolute Gasteiger partial charge is 0.354 e. The molecule has 1 atom stereocenters. The molecule has 0 aromatic carbocycles. The lowest BCUT2D eigenvalue weighted by Gasteiger charge is -2.10. The summed E-state index contributed by atoms with van der Waals surface area (Å²) in [6.07, 6.45) is -2.76. The molecular formula is C11H16F3N3OS. The summed E-state index contributed by atoms with van der Waals surface area (Å²) in [7, 11) is 0. The number of nitrogens with one attached hydrogen (secondary N) is 1. The molecule has 1 aromatic heterocycles. The minimum atomic E-state index is -4.42. The molecule has 108 valence electrons. The molecule has 19 heavy (non-hydrogen) atoms. The second-order valence-corrected chi connectivity index (χ2v) is 5.00. The molecule has 0 bridgehead atoms. The summed E-state index contributed by atoms with van der Waals surface area (Å²) in [5, 5.41) is 3.90. The number of halogens is 3. The van der Waals surface area contributed by atoms with E-state index in [1.54, 1.807) is 0 Å². The Kier molecular flexibility index (Phi) is 5.74. The average Bonchev–Trinajstić information content (AvgIpc) is 2.77. The molecule has 0 aliphatic rings. The van der Waals surface area contributed by atoms with Crippen molar-refractivity contribution in [3.8, 4) is 0 Å². The largest absolute Gasteiger partial charge is 0.434 e. The van der Waals surface area contributed by atoms with Crippen molar-refractivity contribution in [3.63, 3.8) is 0 Å². The van der Waals surface area contributed by atoms with E-state index in [2.05, 4.69) is 10.3 Å². The first-order valence-electron chi connectivity index (χ1n) is 5.89. The predicted molar refractivity (Wildman–Crippen MR) is 66.7 cm³/mol. The fourth-order valence-electron chi connectivity index (χ4n) is 1.42. The standard InChI is InChI=1S/C11H16F3N3OS/c1-2-3-7(15)10(18)16-5-4-9-17-8(6-19-9)11(12,13)14/h6-7H,2-5,15H2,1H3,(H,16,18). The molecule has 0 spiro atoms. The number of carbonyl (C=O) groups excluding carboxylic acids is 1. The van der Waals surface area contributed by atoms with E-state index in [0.29, 0.717) is 11.4 Å². The van der Waals surface area contributed by atoms with Crippen LogP contribution in [0.3, 0.4) is 0 Å². The van der Waals surface area contributed by atoms with Gasteiger partial charge in [0, 0.05) is 18.3 Å². The first-order valence-corrected chi connectivity index (χ1v) is 6.77. The van der Waals surface area contributed by atoms with Gasteiger partial charge in [-0.3, -0.25) is 4.79 Å². The molecule has 0 saturated carbocycles. The second-order valence-electron chi connectivity index (χ2n) is 4.06. The van der Waals surface area contributed by atoms with E-state index in [0.717, 1.165) is 23.1 Å². The number of hydrogen-bond donors (Lipinski definition) is 2. The Morgan fingerprint density at radius 1 is 1.58 bits per heavy atom. The highest BCUT2D eigenvalue weighted by molar-refractivity contribution is 7.09. The van der Waals surface area contributed by atoms with Crippen LogP contribution in [0.1, 0.15) is 30.5 Å². The number of thiazole rings is 1. The monoisotopic (exact) mass is 295 g/mol. The summed E-state index contributed by atoms with van der Waals surface area (Å²) >= 11 is 0.933. The fourth-order valence-corrected chi connectivity index (χ4v) is 2.23. The van der Waals surface area contributed by atoms with E-state index in [-0.39, 0.29) is 18.9 Å². The maximum absolute atomic E-state index is 12.3. The van der Waals surface area contributed by atoms with Crippen LogP contribution in [0.4, 0.5) is 13.2 Å². The normalized spacial score (nSPS) is 13.3. The molecule has 1 rings (SSSR count). The Labute approximate surface area is 113 Å². The number of aromatic nitrogens is 1. The topological polar surface area (TPSA) is 68.0 Å². The highest BCUT2D eigenvalue weighted by Gasteiger charge is 2.33. The van der Waals surface area contributed by atoms with Gasteiger partial charge in [-0.15, -0.1) is 11.3 Å². The predicted octanol–water partition coefficient (Wildman–Crippen LogP) is 1.95. The van der Waals surface area contributed by atoms with E-state index < -0.39 is 17.9 Å². The molecule has 8 heteroatoms. The van der Waals surface area contributed by atoms with Crippen molar-refractivity contribution >= 4 is 17.2 Å².